The SMILES string of the molecule is CN=C(NCc1cnc(C)s1)N1CCN(c2ccccc2OC)CC1. The van der Waals surface area contributed by atoms with Gasteiger partial charge >= 0.3 is 0 Å². The highest BCUT2D eigenvalue weighted by Crippen LogP contribution is 2.28. The molecular formula is C18H25N5OS. The van der Waals surface area contributed by atoms with Gasteiger partial charge in [0, 0.05) is 44.3 Å². The van der Waals surface area contributed by atoms with Crippen molar-refractivity contribution in [3.8, 4) is 5.75 Å². The van der Waals surface area contributed by atoms with Gasteiger partial charge in [-0.2, -0.15) is 0 Å². The molecule has 7 heteroatoms. The van der Waals surface area contributed by atoms with Gasteiger partial charge in [-0.1, -0.05) is 12.1 Å². The van der Waals surface area contributed by atoms with Crippen molar-refractivity contribution >= 4 is 23.0 Å². The normalized spacial score (nSPS) is 15.4. The van der Waals surface area contributed by atoms with Crippen LogP contribution >= 0.6 is 11.3 Å². The highest BCUT2D eigenvalue weighted by atomic mass is 32.1. The molecule has 2 heterocycles. The molecule has 0 aliphatic carbocycles. The molecule has 3 rings (SSSR count). The monoisotopic (exact) mass is 359 g/mol. The fraction of sp³-hybridized carbons (Fsp3) is 0.444. The minimum absolute atomic E-state index is 0.769. The lowest BCUT2D eigenvalue weighted by atomic mass is 10.2. The fourth-order valence-corrected chi connectivity index (χ4v) is 3.77. The van der Waals surface area contributed by atoms with Gasteiger partial charge < -0.3 is 19.9 Å². The van der Waals surface area contributed by atoms with Crippen LogP contribution in [0.2, 0.25) is 0 Å². The maximum Gasteiger partial charge on any atom is 0.194 e. The number of nitrogens with one attached hydrogen (secondary N) is 1. The lowest BCUT2D eigenvalue weighted by Crippen LogP contribution is -2.52. The van der Waals surface area contributed by atoms with Gasteiger partial charge in [-0.05, 0) is 19.1 Å². The Morgan fingerprint density at radius 3 is 2.68 bits per heavy atom. The number of hydrogen-bond acceptors (Lipinski definition) is 5. The molecule has 0 radical (unpaired) electrons. The van der Waals surface area contributed by atoms with Gasteiger partial charge in [-0.25, -0.2) is 4.98 Å². The number of ether oxygens (including phenoxy) is 1. The van der Waals surface area contributed by atoms with E-state index in [0.29, 0.717) is 0 Å². The minimum atomic E-state index is 0.769. The van der Waals surface area contributed by atoms with Crippen molar-refractivity contribution in [3.05, 3.63) is 40.3 Å². The number of benzene rings is 1. The topological polar surface area (TPSA) is 53.0 Å². The molecule has 0 amide bonds. The summed E-state index contributed by atoms with van der Waals surface area (Å²) in [5.74, 6) is 1.88. The molecular weight excluding hydrogens is 334 g/mol. The summed E-state index contributed by atoms with van der Waals surface area (Å²) < 4.78 is 5.49. The molecule has 134 valence electrons. The Hall–Kier alpha value is -2.28. The number of guanidine groups is 1. The zero-order valence-corrected chi connectivity index (χ0v) is 15.8. The molecule has 0 unspecified atom stereocenters. The van der Waals surface area contributed by atoms with E-state index in [4.69, 9.17) is 4.74 Å². The van der Waals surface area contributed by atoms with E-state index in [-0.39, 0.29) is 0 Å². The van der Waals surface area contributed by atoms with Gasteiger partial charge in [0.05, 0.1) is 24.3 Å². The van der Waals surface area contributed by atoms with Crippen molar-refractivity contribution in [1.29, 1.82) is 0 Å². The second-order valence-corrected chi connectivity index (χ2v) is 7.21. The molecule has 1 saturated heterocycles. The molecule has 1 aromatic carbocycles. The number of anilines is 1. The van der Waals surface area contributed by atoms with E-state index < -0.39 is 0 Å². The van der Waals surface area contributed by atoms with Crippen LogP contribution in [0.15, 0.2) is 35.5 Å². The Morgan fingerprint density at radius 1 is 1.28 bits per heavy atom. The van der Waals surface area contributed by atoms with Crippen molar-refractivity contribution in [2.75, 3.05) is 45.2 Å². The number of aliphatic imine (C=N–C) groups is 1. The summed E-state index contributed by atoms with van der Waals surface area (Å²) in [6, 6.07) is 8.19. The van der Waals surface area contributed by atoms with Crippen molar-refractivity contribution in [1.82, 2.24) is 15.2 Å². The molecule has 0 bridgehead atoms. The quantitative estimate of drug-likeness (QED) is 0.671. The Kier molecular flexibility index (Phi) is 5.75. The number of hydrogen-bond donors (Lipinski definition) is 1. The molecule has 2 aromatic rings. The number of rotatable bonds is 4. The number of piperazine rings is 1. The molecule has 25 heavy (non-hydrogen) atoms. The predicted octanol–water partition coefficient (Wildman–Crippen LogP) is 2.36. The Balaban J connectivity index is 1.57. The van der Waals surface area contributed by atoms with Gasteiger partial charge in [-0.15, -0.1) is 11.3 Å². The Labute approximate surface area is 153 Å². The van der Waals surface area contributed by atoms with Crippen molar-refractivity contribution < 1.29 is 4.74 Å². The summed E-state index contributed by atoms with van der Waals surface area (Å²) in [5, 5.41) is 4.54. The smallest absolute Gasteiger partial charge is 0.194 e. The van der Waals surface area contributed by atoms with E-state index in [1.165, 1.54) is 4.88 Å². The van der Waals surface area contributed by atoms with E-state index >= 15 is 0 Å². The van der Waals surface area contributed by atoms with E-state index in [9.17, 15) is 0 Å². The van der Waals surface area contributed by atoms with Crippen molar-refractivity contribution in [2.45, 2.75) is 13.5 Å². The average molecular weight is 359 g/mol. The van der Waals surface area contributed by atoms with E-state index in [2.05, 4.69) is 37.2 Å². The van der Waals surface area contributed by atoms with Crippen LogP contribution in [0.4, 0.5) is 5.69 Å². The minimum Gasteiger partial charge on any atom is -0.495 e. The molecule has 1 aliphatic rings. The summed E-state index contributed by atoms with van der Waals surface area (Å²) in [6.45, 7) is 6.55. The largest absolute Gasteiger partial charge is 0.495 e. The maximum atomic E-state index is 5.49. The molecule has 0 spiro atoms. The third kappa shape index (κ3) is 4.22. The van der Waals surface area contributed by atoms with E-state index in [1.807, 2.05) is 32.3 Å². The lowest BCUT2D eigenvalue weighted by Gasteiger charge is -2.38. The van der Waals surface area contributed by atoms with Crippen molar-refractivity contribution in [3.63, 3.8) is 0 Å². The Bertz CT molecular complexity index is 722. The van der Waals surface area contributed by atoms with Gasteiger partial charge in [0.2, 0.25) is 0 Å². The van der Waals surface area contributed by atoms with E-state index in [1.54, 1.807) is 18.4 Å². The predicted molar refractivity (Wildman–Crippen MR) is 104 cm³/mol. The zero-order chi connectivity index (χ0) is 17.6. The molecule has 0 atom stereocenters. The number of thiazole rings is 1. The number of methoxy groups -OCH3 is 1. The van der Waals surface area contributed by atoms with Crippen LogP contribution in [-0.2, 0) is 6.54 Å². The molecule has 6 nitrogen and oxygen atoms in total. The summed E-state index contributed by atoms with van der Waals surface area (Å²) >= 11 is 1.72. The van der Waals surface area contributed by atoms with Crippen LogP contribution in [-0.4, -0.2) is 56.2 Å². The second-order valence-electron chi connectivity index (χ2n) is 5.89. The van der Waals surface area contributed by atoms with Crippen LogP contribution < -0.4 is 15.0 Å². The highest BCUT2D eigenvalue weighted by molar-refractivity contribution is 7.11. The number of aryl methyl sites for hydroxylation is 1. The Morgan fingerprint density at radius 2 is 2.04 bits per heavy atom. The third-order valence-electron chi connectivity index (χ3n) is 4.31. The third-order valence-corrected chi connectivity index (χ3v) is 5.22. The molecule has 0 saturated carbocycles. The second kappa shape index (κ2) is 8.20. The number of aromatic nitrogens is 1. The molecule has 1 aromatic heterocycles. The van der Waals surface area contributed by atoms with Crippen LogP contribution in [0, 0.1) is 6.92 Å². The maximum absolute atomic E-state index is 5.49. The summed E-state index contributed by atoms with van der Waals surface area (Å²) in [5.41, 5.74) is 1.16. The first-order valence-corrected chi connectivity index (χ1v) is 9.28. The van der Waals surface area contributed by atoms with Crippen LogP contribution in [0.25, 0.3) is 0 Å². The highest BCUT2D eigenvalue weighted by Gasteiger charge is 2.21. The summed E-state index contributed by atoms with van der Waals surface area (Å²) in [4.78, 5) is 14.6. The fourth-order valence-electron chi connectivity index (χ4n) is 3.04. The van der Waals surface area contributed by atoms with Crippen LogP contribution in [0.1, 0.15) is 9.88 Å². The van der Waals surface area contributed by atoms with Gasteiger partial charge in [-0.3, -0.25) is 4.99 Å². The van der Waals surface area contributed by atoms with E-state index in [0.717, 1.165) is 55.1 Å². The first-order chi connectivity index (χ1) is 12.2. The number of nitrogens with zero attached hydrogens (tertiary/aromatic N) is 4. The molecule has 1 fully saturated rings. The standard InChI is InChI=1S/C18H25N5OS/c1-14-20-12-15(25-14)13-21-18(19-2)23-10-8-22(9-11-23)16-6-4-5-7-17(16)24-3/h4-7,12H,8-11,13H2,1-3H3,(H,19,21). The van der Waals surface area contributed by atoms with Gasteiger partial charge in [0.25, 0.3) is 0 Å². The number of para-hydroxylation sites is 2. The molecule has 1 aliphatic heterocycles. The van der Waals surface area contributed by atoms with Crippen molar-refractivity contribution in [2.24, 2.45) is 4.99 Å². The average Bonchev–Trinajstić information content (AvgIpc) is 3.08. The van der Waals surface area contributed by atoms with Gasteiger partial charge in [0.1, 0.15) is 5.75 Å². The molecule has 1 N–H and O–H groups in total. The lowest BCUT2D eigenvalue weighted by molar-refractivity contribution is 0.367. The van der Waals surface area contributed by atoms with Crippen LogP contribution in [0.3, 0.4) is 0 Å². The first kappa shape index (κ1) is 17.5. The summed E-state index contributed by atoms with van der Waals surface area (Å²) in [7, 11) is 3.56. The zero-order valence-electron chi connectivity index (χ0n) is 15.0. The van der Waals surface area contributed by atoms with Crippen LogP contribution in [0.5, 0.6) is 5.75 Å². The van der Waals surface area contributed by atoms with Gasteiger partial charge in [0.15, 0.2) is 5.96 Å². The first-order valence-electron chi connectivity index (χ1n) is 8.46. The summed E-state index contributed by atoms with van der Waals surface area (Å²) in [6.07, 6.45) is 1.93.